The van der Waals surface area contributed by atoms with Gasteiger partial charge in [0.15, 0.2) is 12.6 Å². The van der Waals surface area contributed by atoms with Crippen molar-refractivity contribution in [2.24, 2.45) is 17.3 Å². The lowest BCUT2D eigenvalue weighted by Gasteiger charge is -2.47. The van der Waals surface area contributed by atoms with Crippen LogP contribution in [-0.2, 0) is 18.9 Å². The lowest BCUT2D eigenvalue weighted by atomic mass is 9.66. The highest BCUT2D eigenvalue weighted by Gasteiger charge is 2.56. The van der Waals surface area contributed by atoms with Crippen molar-refractivity contribution in [3.05, 3.63) is 0 Å². The number of hydrogen-bond acceptors (Lipinski definition) is 4. The quantitative estimate of drug-likeness (QED) is 0.686. The van der Waals surface area contributed by atoms with Crippen LogP contribution in [0.15, 0.2) is 0 Å². The Hall–Kier alpha value is -0.160. The first-order valence-electron chi connectivity index (χ1n) is 6.83. The Kier molecular flexibility index (Phi) is 4.64. The molecule has 4 nitrogen and oxygen atoms in total. The van der Waals surface area contributed by atoms with E-state index in [4.69, 9.17) is 18.9 Å². The van der Waals surface area contributed by atoms with Crippen LogP contribution in [0, 0.1) is 17.3 Å². The predicted octanol–water partition coefficient (Wildman–Crippen LogP) is 2.42. The van der Waals surface area contributed by atoms with E-state index < -0.39 is 0 Å². The number of methoxy groups -OCH3 is 4. The fraction of sp³-hybridized carbons (Fsp3) is 1.00. The molecule has 4 heteroatoms. The molecule has 0 amide bonds. The maximum Gasteiger partial charge on any atom is 0.162 e. The summed E-state index contributed by atoms with van der Waals surface area (Å²) < 4.78 is 22.2. The first kappa shape index (κ1) is 14.3. The van der Waals surface area contributed by atoms with E-state index >= 15 is 0 Å². The lowest BCUT2D eigenvalue weighted by molar-refractivity contribution is -0.248. The van der Waals surface area contributed by atoms with Crippen LogP contribution in [0.25, 0.3) is 0 Å². The van der Waals surface area contributed by atoms with Gasteiger partial charge in [-0.3, -0.25) is 0 Å². The van der Waals surface area contributed by atoms with Gasteiger partial charge in [0.25, 0.3) is 0 Å². The van der Waals surface area contributed by atoms with Gasteiger partial charge in [0.1, 0.15) is 0 Å². The molecule has 106 valence electrons. The van der Waals surface area contributed by atoms with Crippen LogP contribution < -0.4 is 0 Å². The Morgan fingerprint density at radius 2 is 1.56 bits per heavy atom. The molecule has 2 aliphatic carbocycles. The highest BCUT2D eigenvalue weighted by Crippen LogP contribution is 2.58. The molecule has 0 unspecified atom stereocenters. The van der Waals surface area contributed by atoms with Gasteiger partial charge in [0.2, 0.25) is 0 Å². The van der Waals surface area contributed by atoms with E-state index in [9.17, 15) is 0 Å². The van der Waals surface area contributed by atoms with Gasteiger partial charge in [0, 0.05) is 39.8 Å². The summed E-state index contributed by atoms with van der Waals surface area (Å²) in [6.07, 6.45) is 5.71. The van der Waals surface area contributed by atoms with Gasteiger partial charge in [0.05, 0.1) is 0 Å². The molecule has 2 fully saturated rings. The zero-order chi connectivity index (χ0) is 13.2. The standard InChI is InChI=1S/C14H26O4/c1-15-12(16-2)11-6-5-10-7-8-14(11,9-10)13(17-3)18-4/h10-13H,5-9H2,1-4H3/t10-,11+,14-/m1/s1. The second kappa shape index (κ2) is 5.87. The van der Waals surface area contributed by atoms with E-state index in [1.54, 1.807) is 28.4 Å². The molecule has 0 aliphatic heterocycles. The molecule has 0 aromatic carbocycles. The fourth-order valence-corrected chi connectivity index (χ4v) is 4.29. The molecule has 2 saturated carbocycles. The van der Waals surface area contributed by atoms with E-state index in [2.05, 4.69) is 0 Å². The van der Waals surface area contributed by atoms with Gasteiger partial charge in [-0.1, -0.05) is 0 Å². The molecule has 3 atom stereocenters. The van der Waals surface area contributed by atoms with E-state index in [1.165, 1.54) is 19.3 Å². The van der Waals surface area contributed by atoms with Crippen LogP contribution >= 0.6 is 0 Å². The Labute approximate surface area is 110 Å². The van der Waals surface area contributed by atoms with Gasteiger partial charge in [-0.25, -0.2) is 0 Å². The second-order valence-corrected chi connectivity index (χ2v) is 5.67. The van der Waals surface area contributed by atoms with Gasteiger partial charge in [-0.05, 0) is 38.0 Å². The van der Waals surface area contributed by atoms with Crippen molar-refractivity contribution in [3.63, 3.8) is 0 Å². The monoisotopic (exact) mass is 258 g/mol. The SMILES string of the molecule is COC(OC)[C@@H]1CC[C@@H]2CC[C@@]1(C(OC)OC)C2. The molecule has 0 aromatic heterocycles. The molecule has 0 saturated heterocycles. The van der Waals surface area contributed by atoms with Crippen molar-refractivity contribution >= 4 is 0 Å². The smallest absolute Gasteiger partial charge is 0.162 e. The Balaban J connectivity index is 2.25. The predicted molar refractivity (Wildman–Crippen MR) is 68.1 cm³/mol. The minimum absolute atomic E-state index is 0.0586. The van der Waals surface area contributed by atoms with Crippen molar-refractivity contribution in [2.45, 2.75) is 44.7 Å². The minimum Gasteiger partial charge on any atom is -0.356 e. The first-order chi connectivity index (χ1) is 8.71. The molecule has 0 aromatic rings. The van der Waals surface area contributed by atoms with Crippen LogP contribution in [-0.4, -0.2) is 41.0 Å². The molecular formula is C14H26O4. The molecule has 0 radical (unpaired) electrons. The highest BCUT2D eigenvalue weighted by molar-refractivity contribution is 5.01. The van der Waals surface area contributed by atoms with Gasteiger partial charge >= 0.3 is 0 Å². The molecule has 18 heavy (non-hydrogen) atoms. The average Bonchev–Trinajstić information content (AvgIpc) is 2.74. The third-order valence-electron chi connectivity index (χ3n) is 5.00. The van der Waals surface area contributed by atoms with E-state index in [0.29, 0.717) is 5.92 Å². The Bertz CT molecular complexity index is 261. The topological polar surface area (TPSA) is 36.9 Å². The molecule has 0 N–H and O–H groups in total. The minimum atomic E-state index is -0.156. The summed E-state index contributed by atoms with van der Waals surface area (Å²) in [6.45, 7) is 0. The van der Waals surface area contributed by atoms with Crippen LogP contribution in [0.4, 0.5) is 0 Å². The highest BCUT2D eigenvalue weighted by atomic mass is 16.7. The van der Waals surface area contributed by atoms with Crippen molar-refractivity contribution in [1.82, 2.24) is 0 Å². The first-order valence-corrected chi connectivity index (χ1v) is 6.83. The molecule has 2 aliphatic rings. The second-order valence-electron chi connectivity index (χ2n) is 5.67. The summed E-state index contributed by atoms with van der Waals surface area (Å²) in [5, 5.41) is 0. The van der Waals surface area contributed by atoms with Gasteiger partial charge in [-0.15, -0.1) is 0 Å². The molecule has 0 heterocycles. The van der Waals surface area contributed by atoms with Crippen molar-refractivity contribution in [2.75, 3.05) is 28.4 Å². The van der Waals surface area contributed by atoms with E-state index in [0.717, 1.165) is 18.8 Å². The summed E-state index contributed by atoms with van der Waals surface area (Å²) in [7, 11) is 6.90. The molecular weight excluding hydrogens is 232 g/mol. The third-order valence-corrected chi connectivity index (χ3v) is 5.00. The average molecular weight is 258 g/mol. The van der Waals surface area contributed by atoms with E-state index in [1.807, 2.05) is 0 Å². The summed E-state index contributed by atoms with van der Waals surface area (Å²) >= 11 is 0. The maximum atomic E-state index is 5.60. The van der Waals surface area contributed by atoms with Gasteiger partial charge < -0.3 is 18.9 Å². The zero-order valence-electron chi connectivity index (χ0n) is 12.0. The van der Waals surface area contributed by atoms with Crippen LogP contribution in [0.5, 0.6) is 0 Å². The van der Waals surface area contributed by atoms with E-state index in [-0.39, 0.29) is 18.0 Å². The summed E-state index contributed by atoms with van der Waals surface area (Å²) in [5.41, 5.74) is 0.0586. The number of rotatable bonds is 6. The van der Waals surface area contributed by atoms with Crippen molar-refractivity contribution in [3.8, 4) is 0 Å². The summed E-state index contributed by atoms with van der Waals surface area (Å²) in [5.74, 6) is 1.18. The Morgan fingerprint density at radius 1 is 0.889 bits per heavy atom. The zero-order valence-corrected chi connectivity index (χ0v) is 12.0. The van der Waals surface area contributed by atoms with Crippen LogP contribution in [0.3, 0.4) is 0 Å². The lowest BCUT2D eigenvalue weighted by Crippen LogP contribution is -2.49. The van der Waals surface area contributed by atoms with Crippen molar-refractivity contribution in [1.29, 1.82) is 0 Å². The Morgan fingerprint density at radius 3 is 2.11 bits per heavy atom. The van der Waals surface area contributed by atoms with Crippen LogP contribution in [0.1, 0.15) is 32.1 Å². The summed E-state index contributed by atoms with van der Waals surface area (Å²) in [6, 6.07) is 0. The molecule has 2 bridgehead atoms. The maximum absolute atomic E-state index is 5.60. The van der Waals surface area contributed by atoms with Crippen LogP contribution in [0.2, 0.25) is 0 Å². The fourth-order valence-electron chi connectivity index (χ4n) is 4.29. The van der Waals surface area contributed by atoms with Crippen molar-refractivity contribution < 1.29 is 18.9 Å². The normalized spacial score (nSPS) is 35.7. The van der Waals surface area contributed by atoms with Gasteiger partial charge in [-0.2, -0.15) is 0 Å². The third kappa shape index (κ3) is 2.20. The number of hydrogen-bond donors (Lipinski definition) is 0. The summed E-state index contributed by atoms with van der Waals surface area (Å²) in [4.78, 5) is 0. The molecule has 0 spiro atoms. The largest absolute Gasteiger partial charge is 0.356 e. The number of fused-ring (bicyclic) bond motifs is 2. The number of ether oxygens (including phenoxy) is 4. The molecule has 2 rings (SSSR count).